The molecule has 0 aromatic heterocycles. The first-order valence-electron chi connectivity index (χ1n) is 10.0. The number of aryl methyl sites for hydroxylation is 6. The number of nitrogens with zero attached hydrogens (tertiary/aromatic N) is 2. The van der Waals surface area contributed by atoms with Crippen LogP contribution in [0.5, 0.6) is 0 Å². The van der Waals surface area contributed by atoms with Crippen molar-refractivity contribution in [1.82, 2.24) is 0 Å². The summed E-state index contributed by atoms with van der Waals surface area (Å²) >= 11 is 0. The van der Waals surface area contributed by atoms with Gasteiger partial charge in [0.1, 0.15) is 0 Å². The summed E-state index contributed by atoms with van der Waals surface area (Å²) in [6.45, 7) is 11.1. The summed E-state index contributed by atoms with van der Waals surface area (Å²) in [4.78, 5) is 4.25. The molecule has 0 heterocycles. The minimum absolute atomic E-state index is 0. The molecule has 1 N–H and O–H groups in total. The Hall–Kier alpha value is -2.75. The van der Waals surface area contributed by atoms with Crippen molar-refractivity contribution in [1.29, 1.82) is 0 Å². The summed E-state index contributed by atoms with van der Waals surface area (Å²) in [6.07, 6.45) is 0.984. The Morgan fingerprint density at radius 2 is 1.15 bits per heavy atom. The molecule has 0 aliphatic heterocycles. The predicted octanol–water partition coefficient (Wildman–Crippen LogP) is 4.88. The van der Waals surface area contributed by atoms with E-state index in [0.29, 0.717) is 11.4 Å². The van der Waals surface area contributed by atoms with Crippen LogP contribution in [0.4, 0.5) is 34.6 Å². The maximum absolute atomic E-state index is 14.7. The number of rotatable bonds is 5. The zero-order chi connectivity index (χ0) is 23.7. The molecule has 0 atom stereocenters. The van der Waals surface area contributed by atoms with Gasteiger partial charge in [0.2, 0.25) is 0 Å². The molecule has 3 aromatic carbocycles. The summed E-state index contributed by atoms with van der Waals surface area (Å²) in [5, 5.41) is 0. The van der Waals surface area contributed by atoms with E-state index in [2.05, 4.69) is 15.8 Å². The average Bonchev–Trinajstić information content (AvgIpc) is 2.69. The van der Waals surface area contributed by atoms with Crippen molar-refractivity contribution >= 4 is 23.3 Å². The van der Waals surface area contributed by atoms with Gasteiger partial charge in [0.05, 0.1) is 16.9 Å². The van der Waals surface area contributed by atoms with Crippen LogP contribution in [-0.4, -0.2) is 6.21 Å². The standard InChI is InChI=1S/C25H24F4N3.Li/c1-12-7-14(3)23(15(4)8-12)30-11-18-19(26)20(27)21(28)22(29)25(18)32-31-24-16(5)9-13(2)10-17(24)6;/h7-11,32H,1-6H3;/q-1;+1. The monoisotopic (exact) mass is 449 g/mol. The molecule has 0 saturated carbocycles. The van der Waals surface area contributed by atoms with Gasteiger partial charge in [0.15, 0.2) is 23.3 Å². The van der Waals surface area contributed by atoms with Crippen LogP contribution in [0.15, 0.2) is 29.3 Å². The Labute approximate surface area is 203 Å². The fourth-order valence-electron chi connectivity index (χ4n) is 3.84. The second-order valence-corrected chi connectivity index (χ2v) is 8.02. The topological polar surface area (TPSA) is 38.5 Å². The maximum Gasteiger partial charge on any atom is 1.00 e. The molecule has 0 aliphatic rings. The van der Waals surface area contributed by atoms with E-state index in [1.165, 1.54) is 0 Å². The molecule has 0 aliphatic carbocycles. The molecule has 168 valence electrons. The van der Waals surface area contributed by atoms with E-state index in [-0.39, 0.29) is 18.9 Å². The molecular weight excluding hydrogens is 425 g/mol. The van der Waals surface area contributed by atoms with Crippen molar-refractivity contribution in [3.63, 3.8) is 0 Å². The van der Waals surface area contributed by atoms with Crippen LogP contribution < -0.4 is 24.3 Å². The Morgan fingerprint density at radius 1 is 0.697 bits per heavy atom. The minimum atomic E-state index is -1.92. The van der Waals surface area contributed by atoms with Gasteiger partial charge in [-0.3, -0.25) is 4.99 Å². The van der Waals surface area contributed by atoms with Gasteiger partial charge >= 0.3 is 18.9 Å². The van der Waals surface area contributed by atoms with Crippen molar-refractivity contribution in [2.24, 2.45) is 4.99 Å². The molecule has 0 saturated heterocycles. The normalized spacial score (nSPS) is 11.0. The van der Waals surface area contributed by atoms with Crippen LogP contribution in [0.1, 0.15) is 38.9 Å². The minimum Gasteiger partial charge on any atom is -0.597 e. The van der Waals surface area contributed by atoms with Crippen LogP contribution in [0.3, 0.4) is 0 Å². The first kappa shape index (κ1) is 26.5. The molecule has 3 rings (SSSR count). The van der Waals surface area contributed by atoms with Crippen molar-refractivity contribution in [2.75, 3.05) is 5.43 Å². The van der Waals surface area contributed by atoms with Gasteiger partial charge in [-0.1, -0.05) is 46.5 Å². The van der Waals surface area contributed by atoms with Crippen molar-refractivity contribution in [3.8, 4) is 0 Å². The molecule has 0 fully saturated rings. The number of hydrogen-bond donors (Lipinski definition) is 1. The Morgan fingerprint density at radius 3 is 1.67 bits per heavy atom. The summed E-state index contributed by atoms with van der Waals surface area (Å²) < 4.78 is 57.3. The summed E-state index contributed by atoms with van der Waals surface area (Å²) in [5.74, 6) is -6.95. The van der Waals surface area contributed by atoms with Gasteiger partial charge < -0.3 is 10.9 Å². The summed E-state index contributed by atoms with van der Waals surface area (Å²) in [5.41, 5.74) is 11.6. The average molecular weight is 449 g/mol. The van der Waals surface area contributed by atoms with Gasteiger partial charge in [-0.15, -0.1) is 5.69 Å². The zero-order valence-electron chi connectivity index (χ0n) is 19.8. The predicted molar refractivity (Wildman–Crippen MR) is 121 cm³/mol. The Kier molecular flexibility index (Phi) is 8.39. The third-order valence-corrected chi connectivity index (χ3v) is 5.18. The van der Waals surface area contributed by atoms with E-state index in [1.807, 2.05) is 65.8 Å². The van der Waals surface area contributed by atoms with Crippen LogP contribution in [0.25, 0.3) is 5.43 Å². The van der Waals surface area contributed by atoms with Gasteiger partial charge in [0, 0.05) is 6.21 Å². The molecule has 0 amide bonds. The van der Waals surface area contributed by atoms with Gasteiger partial charge in [0.25, 0.3) is 0 Å². The number of nitrogens with one attached hydrogen (secondary N) is 1. The van der Waals surface area contributed by atoms with E-state index in [9.17, 15) is 17.6 Å². The van der Waals surface area contributed by atoms with E-state index in [1.54, 1.807) is 0 Å². The Bertz CT molecular complexity index is 1190. The van der Waals surface area contributed by atoms with Crippen molar-refractivity contribution < 1.29 is 36.4 Å². The van der Waals surface area contributed by atoms with E-state index >= 15 is 0 Å². The first-order valence-corrected chi connectivity index (χ1v) is 10.0. The van der Waals surface area contributed by atoms with E-state index in [4.69, 9.17) is 0 Å². The largest absolute Gasteiger partial charge is 1.00 e. The second kappa shape index (κ2) is 10.5. The van der Waals surface area contributed by atoms with Crippen LogP contribution in [-0.2, 0) is 0 Å². The summed E-state index contributed by atoms with van der Waals surface area (Å²) in [7, 11) is 0. The van der Waals surface area contributed by atoms with E-state index in [0.717, 1.165) is 39.6 Å². The molecular formula is C25H24F4LiN3. The first-order chi connectivity index (χ1) is 15.0. The molecule has 8 heteroatoms. The molecule has 3 aromatic rings. The molecule has 0 spiro atoms. The number of benzene rings is 3. The molecule has 0 bridgehead atoms. The van der Waals surface area contributed by atoms with Gasteiger partial charge in [-0.05, 0) is 52.7 Å². The smallest absolute Gasteiger partial charge is 0.597 e. The van der Waals surface area contributed by atoms with Gasteiger partial charge in [-0.25, -0.2) is 17.6 Å². The number of halogens is 4. The fourth-order valence-corrected chi connectivity index (χ4v) is 3.84. The quantitative estimate of drug-likeness (QED) is 0.148. The zero-order valence-corrected chi connectivity index (χ0v) is 19.8. The fraction of sp³-hybridized carbons (Fsp3) is 0.240. The number of anilines is 1. The van der Waals surface area contributed by atoms with Crippen LogP contribution in [0, 0.1) is 64.8 Å². The SMILES string of the molecule is Cc1cc(C)c(N=Cc2c(F)c(F)c(F)c(F)c2N[N-]c2c(C)cc(C)cc2C)c(C)c1.[Li+]. The molecule has 0 unspecified atom stereocenters. The van der Waals surface area contributed by atoms with Crippen LogP contribution >= 0.6 is 0 Å². The third kappa shape index (κ3) is 5.43. The van der Waals surface area contributed by atoms with Gasteiger partial charge in [-0.2, -0.15) is 0 Å². The second-order valence-electron chi connectivity index (χ2n) is 8.02. The van der Waals surface area contributed by atoms with E-state index < -0.39 is 34.5 Å². The number of hydrogen-bond acceptors (Lipinski definition) is 2. The van der Waals surface area contributed by atoms with Crippen molar-refractivity contribution in [3.05, 3.63) is 91.9 Å². The molecule has 33 heavy (non-hydrogen) atoms. The molecule has 3 nitrogen and oxygen atoms in total. The molecule has 0 radical (unpaired) electrons. The Balaban J connectivity index is 0.00000385. The maximum atomic E-state index is 14.7. The summed E-state index contributed by atoms with van der Waals surface area (Å²) in [6, 6.07) is 7.53. The van der Waals surface area contributed by atoms with Crippen LogP contribution in [0.2, 0.25) is 0 Å². The van der Waals surface area contributed by atoms with Crippen molar-refractivity contribution in [2.45, 2.75) is 41.5 Å². The number of aliphatic imine (C=N–C) groups is 1. The third-order valence-electron chi connectivity index (χ3n) is 5.18.